The maximum atomic E-state index is 13.0. The van der Waals surface area contributed by atoms with Gasteiger partial charge in [-0.15, -0.1) is 0 Å². The Bertz CT molecular complexity index is 798. The molecule has 0 spiro atoms. The van der Waals surface area contributed by atoms with E-state index in [1.54, 1.807) is 0 Å². The van der Waals surface area contributed by atoms with Crippen molar-refractivity contribution in [3.8, 4) is 0 Å². The Morgan fingerprint density at radius 3 is 2.54 bits per heavy atom. The van der Waals surface area contributed by atoms with Crippen molar-refractivity contribution in [2.45, 2.75) is 70.6 Å². The van der Waals surface area contributed by atoms with Gasteiger partial charge < -0.3 is 5.32 Å². The topological polar surface area (TPSA) is 59.8 Å². The molecule has 2 aromatic rings. The Morgan fingerprint density at radius 2 is 1.85 bits per heavy atom. The van der Waals surface area contributed by atoms with Crippen LogP contribution in [0.1, 0.15) is 85.5 Å². The Labute approximate surface area is 155 Å². The monoisotopic (exact) mass is 354 g/mol. The van der Waals surface area contributed by atoms with Crippen molar-refractivity contribution in [3.63, 3.8) is 0 Å². The summed E-state index contributed by atoms with van der Waals surface area (Å²) < 4.78 is 1.81. The first-order valence-electron chi connectivity index (χ1n) is 10.3. The minimum absolute atomic E-state index is 0.0393. The van der Waals surface area contributed by atoms with E-state index in [0.717, 1.165) is 34.5 Å². The number of rotatable bonds is 4. The van der Waals surface area contributed by atoms with Gasteiger partial charge in [0.1, 0.15) is 0 Å². The number of hydrogen-bond donors (Lipinski definition) is 1. The van der Waals surface area contributed by atoms with Crippen LogP contribution in [0.3, 0.4) is 0 Å². The summed E-state index contributed by atoms with van der Waals surface area (Å²) in [5.74, 6) is 1.18. The first kappa shape index (κ1) is 17.5. The Kier molecular flexibility index (Phi) is 4.96. The van der Waals surface area contributed by atoms with Gasteiger partial charge in [0.2, 0.25) is 0 Å². The third-order valence-corrected chi connectivity index (χ3v) is 6.00. The third kappa shape index (κ3) is 3.62. The van der Waals surface area contributed by atoms with E-state index in [2.05, 4.69) is 10.4 Å². The lowest BCUT2D eigenvalue weighted by Gasteiger charge is -2.20. The lowest BCUT2D eigenvalue weighted by molar-refractivity contribution is 0.0946. The number of aryl methyl sites for hydroxylation is 2. The minimum atomic E-state index is 0.0393. The number of aromatic nitrogens is 3. The summed E-state index contributed by atoms with van der Waals surface area (Å²) in [6.45, 7) is 2.76. The summed E-state index contributed by atoms with van der Waals surface area (Å²) >= 11 is 0. The highest BCUT2D eigenvalue weighted by atomic mass is 16.1. The predicted molar refractivity (Wildman–Crippen MR) is 103 cm³/mol. The van der Waals surface area contributed by atoms with Gasteiger partial charge >= 0.3 is 0 Å². The first-order chi connectivity index (χ1) is 12.6. The molecule has 5 heteroatoms. The van der Waals surface area contributed by atoms with Gasteiger partial charge in [0.25, 0.3) is 5.91 Å². The number of amides is 1. The summed E-state index contributed by atoms with van der Waals surface area (Å²) in [7, 11) is 1.91. The smallest absolute Gasteiger partial charge is 0.252 e. The molecule has 140 valence electrons. The van der Waals surface area contributed by atoms with Crippen LogP contribution in [0.15, 0.2) is 6.07 Å². The van der Waals surface area contributed by atoms with Crippen molar-refractivity contribution in [2.75, 3.05) is 6.54 Å². The van der Waals surface area contributed by atoms with Gasteiger partial charge in [-0.05, 0) is 44.6 Å². The summed E-state index contributed by atoms with van der Waals surface area (Å²) in [4.78, 5) is 17.8. The lowest BCUT2D eigenvalue weighted by Crippen LogP contribution is -2.30. The molecule has 2 heterocycles. The first-order valence-corrected chi connectivity index (χ1v) is 10.3. The highest BCUT2D eigenvalue weighted by Gasteiger charge is 2.28. The molecule has 2 aromatic heterocycles. The van der Waals surface area contributed by atoms with Crippen molar-refractivity contribution in [2.24, 2.45) is 13.0 Å². The molecule has 2 saturated carbocycles. The average molecular weight is 354 g/mol. The highest BCUT2D eigenvalue weighted by molar-refractivity contribution is 6.06. The van der Waals surface area contributed by atoms with Crippen LogP contribution in [-0.4, -0.2) is 27.2 Å². The van der Waals surface area contributed by atoms with E-state index in [4.69, 9.17) is 4.98 Å². The Balaban J connectivity index is 1.55. The van der Waals surface area contributed by atoms with E-state index in [9.17, 15) is 4.79 Å². The molecule has 2 aliphatic carbocycles. The Morgan fingerprint density at radius 1 is 1.15 bits per heavy atom. The molecule has 0 atom stereocenters. The molecule has 1 N–H and O–H groups in total. The van der Waals surface area contributed by atoms with Crippen molar-refractivity contribution in [3.05, 3.63) is 23.0 Å². The van der Waals surface area contributed by atoms with Gasteiger partial charge in [0, 0.05) is 25.2 Å². The van der Waals surface area contributed by atoms with E-state index in [1.807, 2.05) is 24.7 Å². The zero-order chi connectivity index (χ0) is 18.1. The summed E-state index contributed by atoms with van der Waals surface area (Å²) in [5, 5.41) is 8.64. The molecule has 0 bridgehead atoms. The third-order valence-electron chi connectivity index (χ3n) is 6.00. The molecule has 2 aliphatic rings. The molecule has 1 amide bonds. The van der Waals surface area contributed by atoms with Crippen LogP contribution < -0.4 is 5.32 Å². The van der Waals surface area contributed by atoms with Crippen LogP contribution in [0.2, 0.25) is 0 Å². The molecular formula is C21H30N4O. The zero-order valence-electron chi connectivity index (χ0n) is 16.1. The molecule has 0 aromatic carbocycles. The molecule has 4 rings (SSSR count). The molecule has 0 unspecified atom stereocenters. The molecule has 2 fully saturated rings. The second-order valence-electron chi connectivity index (χ2n) is 8.20. The molecule has 0 radical (unpaired) electrons. The standard InChI is InChI=1S/C21H30N4O/c1-14-19-17(12-18(16-10-11-16)23-20(19)25(2)24-14)21(26)22-13-15-8-6-4-3-5-7-9-15/h12,15-16H,3-11,13H2,1-2H3,(H,22,26). The lowest BCUT2D eigenvalue weighted by atomic mass is 9.91. The van der Waals surface area contributed by atoms with Gasteiger partial charge in [-0.2, -0.15) is 5.10 Å². The van der Waals surface area contributed by atoms with E-state index >= 15 is 0 Å². The average Bonchev–Trinajstić information content (AvgIpc) is 3.40. The number of hydrogen-bond acceptors (Lipinski definition) is 3. The minimum Gasteiger partial charge on any atom is -0.352 e. The molecule has 26 heavy (non-hydrogen) atoms. The van der Waals surface area contributed by atoms with Crippen LogP contribution in [0, 0.1) is 12.8 Å². The fourth-order valence-corrected chi connectivity index (χ4v) is 4.31. The van der Waals surface area contributed by atoms with Gasteiger partial charge in [0.15, 0.2) is 5.65 Å². The maximum Gasteiger partial charge on any atom is 0.252 e. The van der Waals surface area contributed by atoms with Crippen LogP contribution in [0.5, 0.6) is 0 Å². The number of nitrogens with one attached hydrogen (secondary N) is 1. The second-order valence-corrected chi connectivity index (χ2v) is 8.20. The number of nitrogens with zero attached hydrogens (tertiary/aromatic N) is 3. The van der Waals surface area contributed by atoms with Crippen molar-refractivity contribution in [1.29, 1.82) is 0 Å². The SMILES string of the molecule is Cc1nn(C)c2nc(C3CC3)cc(C(=O)NCC3CCCCCCC3)c12. The highest BCUT2D eigenvalue weighted by Crippen LogP contribution is 2.40. The predicted octanol–water partition coefficient (Wildman–Crippen LogP) is 4.24. The molecule has 0 saturated heterocycles. The van der Waals surface area contributed by atoms with E-state index in [1.165, 1.54) is 57.8 Å². The van der Waals surface area contributed by atoms with Gasteiger partial charge in [0.05, 0.1) is 16.6 Å². The maximum absolute atomic E-state index is 13.0. The molecular weight excluding hydrogens is 324 g/mol. The fourth-order valence-electron chi connectivity index (χ4n) is 4.31. The number of carbonyl (C=O) groups excluding carboxylic acids is 1. The van der Waals surface area contributed by atoms with Crippen LogP contribution in [0.25, 0.3) is 11.0 Å². The van der Waals surface area contributed by atoms with E-state index in [0.29, 0.717) is 11.8 Å². The van der Waals surface area contributed by atoms with Gasteiger partial charge in [-0.25, -0.2) is 4.98 Å². The number of fused-ring (bicyclic) bond motifs is 1. The molecule has 5 nitrogen and oxygen atoms in total. The van der Waals surface area contributed by atoms with Crippen molar-refractivity contribution < 1.29 is 4.79 Å². The summed E-state index contributed by atoms with van der Waals surface area (Å²) in [6.07, 6.45) is 11.5. The van der Waals surface area contributed by atoms with Crippen LogP contribution in [-0.2, 0) is 7.05 Å². The summed E-state index contributed by atoms with van der Waals surface area (Å²) in [5.41, 5.74) is 3.53. The quantitative estimate of drug-likeness (QED) is 0.893. The van der Waals surface area contributed by atoms with Crippen LogP contribution >= 0.6 is 0 Å². The second kappa shape index (κ2) is 7.37. The summed E-state index contributed by atoms with van der Waals surface area (Å²) in [6, 6.07) is 2.02. The largest absolute Gasteiger partial charge is 0.352 e. The van der Waals surface area contributed by atoms with Crippen LogP contribution in [0.4, 0.5) is 0 Å². The van der Waals surface area contributed by atoms with Crippen molar-refractivity contribution >= 4 is 16.9 Å². The molecule has 0 aliphatic heterocycles. The van der Waals surface area contributed by atoms with E-state index in [-0.39, 0.29) is 5.91 Å². The van der Waals surface area contributed by atoms with Gasteiger partial charge in [-0.1, -0.05) is 32.1 Å². The fraction of sp³-hybridized carbons (Fsp3) is 0.667. The zero-order valence-corrected chi connectivity index (χ0v) is 16.1. The normalized spacial score (nSPS) is 19.3. The Hall–Kier alpha value is -1.91. The van der Waals surface area contributed by atoms with Crippen molar-refractivity contribution in [1.82, 2.24) is 20.1 Å². The number of carbonyl (C=O) groups is 1. The number of pyridine rings is 1. The van der Waals surface area contributed by atoms with Gasteiger partial charge in [-0.3, -0.25) is 9.48 Å². The van der Waals surface area contributed by atoms with E-state index < -0.39 is 0 Å².